The number of amides is 2. The summed E-state index contributed by atoms with van der Waals surface area (Å²) in [6.07, 6.45) is 0.831. The van der Waals surface area contributed by atoms with Crippen LogP contribution in [0.4, 0.5) is 5.69 Å². The highest BCUT2D eigenvalue weighted by Gasteiger charge is 2.28. The number of likely N-dealkylation sites (N-methyl/N-ethyl adjacent to an activating group) is 1. The number of hydrogen-bond acceptors (Lipinski definition) is 3. The summed E-state index contributed by atoms with van der Waals surface area (Å²) >= 11 is 0. The largest absolute Gasteiger partial charge is 0.344 e. The van der Waals surface area contributed by atoms with Crippen LogP contribution in [0.3, 0.4) is 0 Å². The van der Waals surface area contributed by atoms with Crippen molar-refractivity contribution >= 4 is 17.5 Å². The molecule has 0 radical (unpaired) electrons. The minimum absolute atomic E-state index is 0.0934. The lowest BCUT2D eigenvalue weighted by Crippen LogP contribution is -2.36. The number of hydrogen-bond donors (Lipinski definition) is 2. The minimum Gasteiger partial charge on any atom is -0.344 e. The summed E-state index contributed by atoms with van der Waals surface area (Å²) in [5, 5.41) is 6.04. The maximum Gasteiger partial charge on any atom is 0.239 e. The lowest BCUT2D eigenvalue weighted by Gasteiger charge is -2.14. The van der Waals surface area contributed by atoms with E-state index in [1.165, 1.54) is 6.92 Å². The van der Waals surface area contributed by atoms with Crippen molar-refractivity contribution in [1.82, 2.24) is 10.2 Å². The first-order chi connectivity index (χ1) is 9.08. The first-order valence-corrected chi connectivity index (χ1v) is 6.42. The van der Waals surface area contributed by atoms with E-state index < -0.39 is 0 Å². The van der Waals surface area contributed by atoms with Gasteiger partial charge in [-0.3, -0.25) is 9.59 Å². The van der Waals surface area contributed by atoms with Crippen molar-refractivity contribution < 1.29 is 9.59 Å². The lowest BCUT2D eigenvalue weighted by atomic mass is 10.1. The van der Waals surface area contributed by atoms with Crippen LogP contribution in [0, 0.1) is 0 Å². The van der Waals surface area contributed by atoms with Crippen LogP contribution in [-0.2, 0) is 16.1 Å². The summed E-state index contributed by atoms with van der Waals surface area (Å²) in [4.78, 5) is 24.6. The van der Waals surface area contributed by atoms with Crippen molar-refractivity contribution in [2.45, 2.75) is 25.9 Å². The number of para-hydroxylation sites is 1. The number of benzene rings is 1. The Bertz CT molecular complexity index is 487. The maximum absolute atomic E-state index is 11.8. The van der Waals surface area contributed by atoms with Crippen molar-refractivity contribution in [1.29, 1.82) is 0 Å². The Hall–Kier alpha value is -1.88. The topological polar surface area (TPSA) is 61.4 Å². The molecule has 0 aliphatic carbocycles. The molecule has 5 heteroatoms. The maximum atomic E-state index is 11.8. The van der Waals surface area contributed by atoms with E-state index >= 15 is 0 Å². The Balaban J connectivity index is 1.99. The molecule has 1 aromatic rings. The molecule has 0 aromatic heterocycles. The Morgan fingerprint density at radius 3 is 2.79 bits per heavy atom. The second-order valence-electron chi connectivity index (χ2n) is 4.82. The number of anilines is 1. The van der Waals surface area contributed by atoms with Gasteiger partial charge >= 0.3 is 0 Å². The molecule has 2 N–H and O–H groups in total. The van der Waals surface area contributed by atoms with Crippen LogP contribution in [0.25, 0.3) is 0 Å². The van der Waals surface area contributed by atoms with Crippen molar-refractivity contribution in [3.8, 4) is 0 Å². The third-order valence-corrected chi connectivity index (χ3v) is 3.29. The highest BCUT2D eigenvalue weighted by Crippen LogP contribution is 2.16. The molecule has 1 aromatic carbocycles. The molecule has 1 saturated heterocycles. The molecule has 102 valence electrons. The molecular formula is C14H19N3O2. The molecule has 19 heavy (non-hydrogen) atoms. The molecule has 1 fully saturated rings. The fraction of sp³-hybridized carbons (Fsp3) is 0.429. The van der Waals surface area contributed by atoms with E-state index in [9.17, 15) is 9.59 Å². The van der Waals surface area contributed by atoms with Gasteiger partial charge in [0.05, 0.1) is 6.04 Å². The molecule has 1 atom stereocenters. The standard InChI is InChI=1S/C14H19N3O2/c1-10(18)16-12-6-4-3-5-11(12)9-15-13-7-8-17(2)14(13)19/h3-6,13,15H,7-9H2,1-2H3,(H,16,18). The van der Waals surface area contributed by atoms with Crippen molar-refractivity contribution in [2.24, 2.45) is 0 Å². The van der Waals surface area contributed by atoms with Crippen LogP contribution in [0.2, 0.25) is 0 Å². The SMILES string of the molecule is CC(=O)Nc1ccccc1CNC1CCN(C)C1=O. The van der Waals surface area contributed by atoms with Gasteiger partial charge in [-0.15, -0.1) is 0 Å². The highest BCUT2D eigenvalue weighted by molar-refractivity contribution is 5.89. The highest BCUT2D eigenvalue weighted by atomic mass is 16.2. The van der Waals surface area contributed by atoms with Gasteiger partial charge < -0.3 is 15.5 Å². The molecule has 2 amide bonds. The van der Waals surface area contributed by atoms with E-state index in [2.05, 4.69) is 10.6 Å². The molecular weight excluding hydrogens is 242 g/mol. The zero-order valence-corrected chi connectivity index (χ0v) is 11.3. The quantitative estimate of drug-likeness (QED) is 0.849. The fourth-order valence-corrected chi connectivity index (χ4v) is 2.23. The smallest absolute Gasteiger partial charge is 0.239 e. The Kier molecular flexibility index (Phi) is 4.16. The number of rotatable bonds is 4. The summed E-state index contributed by atoms with van der Waals surface area (Å²) in [6.45, 7) is 2.85. The van der Waals surface area contributed by atoms with Crippen LogP contribution in [0.15, 0.2) is 24.3 Å². The Morgan fingerprint density at radius 2 is 2.16 bits per heavy atom. The van der Waals surface area contributed by atoms with E-state index in [1.54, 1.807) is 4.90 Å². The van der Waals surface area contributed by atoms with Gasteiger partial charge in [0.2, 0.25) is 11.8 Å². The van der Waals surface area contributed by atoms with Crippen molar-refractivity contribution in [3.63, 3.8) is 0 Å². The third kappa shape index (κ3) is 3.32. The molecule has 1 heterocycles. The van der Waals surface area contributed by atoms with Crippen molar-refractivity contribution in [3.05, 3.63) is 29.8 Å². The average molecular weight is 261 g/mol. The zero-order valence-electron chi connectivity index (χ0n) is 11.3. The molecule has 1 aliphatic heterocycles. The van der Waals surface area contributed by atoms with Gasteiger partial charge in [0.25, 0.3) is 0 Å². The predicted molar refractivity (Wildman–Crippen MR) is 73.6 cm³/mol. The van der Waals surface area contributed by atoms with Crippen LogP contribution in [-0.4, -0.2) is 36.3 Å². The number of carbonyl (C=O) groups excluding carboxylic acids is 2. The summed E-state index contributed by atoms with van der Waals surface area (Å²) < 4.78 is 0. The monoisotopic (exact) mass is 261 g/mol. The van der Waals surface area contributed by atoms with E-state index in [0.29, 0.717) is 6.54 Å². The van der Waals surface area contributed by atoms with E-state index in [1.807, 2.05) is 31.3 Å². The summed E-state index contributed by atoms with van der Waals surface area (Å²) in [5.41, 5.74) is 1.78. The average Bonchev–Trinajstić information content (AvgIpc) is 2.68. The van der Waals surface area contributed by atoms with Crippen molar-refractivity contribution in [2.75, 3.05) is 18.9 Å². The van der Waals surface area contributed by atoms with Gasteiger partial charge in [-0.25, -0.2) is 0 Å². The molecule has 1 aliphatic rings. The van der Waals surface area contributed by atoms with Gasteiger partial charge in [0, 0.05) is 32.7 Å². The fourth-order valence-electron chi connectivity index (χ4n) is 2.23. The second-order valence-corrected chi connectivity index (χ2v) is 4.82. The minimum atomic E-state index is -0.115. The first kappa shape index (κ1) is 13.5. The molecule has 5 nitrogen and oxygen atoms in total. The first-order valence-electron chi connectivity index (χ1n) is 6.42. The summed E-state index contributed by atoms with van der Waals surface area (Å²) in [5.74, 6) is 0.0427. The van der Waals surface area contributed by atoms with Gasteiger partial charge in [0.15, 0.2) is 0 Å². The van der Waals surface area contributed by atoms with Gasteiger partial charge in [0.1, 0.15) is 0 Å². The molecule has 2 rings (SSSR count). The molecule has 1 unspecified atom stereocenters. The molecule has 0 bridgehead atoms. The number of nitrogens with zero attached hydrogens (tertiary/aromatic N) is 1. The lowest BCUT2D eigenvalue weighted by molar-refractivity contribution is -0.128. The number of likely N-dealkylation sites (tertiary alicyclic amines) is 1. The molecule has 0 spiro atoms. The number of nitrogens with one attached hydrogen (secondary N) is 2. The summed E-state index contributed by atoms with van der Waals surface area (Å²) in [7, 11) is 1.81. The normalized spacial score (nSPS) is 18.7. The van der Waals surface area contributed by atoms with Gasteiger partial charge in [-0.05, 0) is 18.1 Å². The third-order valence-electron chi connectivity index (χ3n) is 3.29. The zero-order chi connectivity index (χ0) is 13.8. The van der Waals surface area contributed by atoms with Gasteiger partial charge in [-0.1, -0.05) is 18.2 Å². The van der Waals surface area contributed by atoms with Gasteiger partial charge in [-0.2, -0.15) is 0 Å². The molecule has 0 saturated carbocycles. The Labute approximate surface area is 113 Å². The summed E-state index contributed by atoms with van der Waals surface area (Å²) in [6, 6.07) is 7.49. The number of carbonyl (C=O) groups is 2. The van der Waals surface area contributed by atoms with E-state index in [0.717, 1.165) is 24.2 Å². The van der Waals surface area contributed by atoms with E-state index in [4.69, 9.17) is 0 Å². The van der Waals surface area contributed by atoms with Crippen LogP contribution < -0.4 is 10.6 Å². The predicted octanol–water partition coefficient (Wildman–Crippen LogP) is 0.965. The van der Waals surface area contributed by atoms with Crippen LogP contribution in [0.1, 0.15) is 18.9 Å². The van der Waals surface area contributed by atoms with E-state index in [-0.39, 0.29) is 17.9 Å². The van der Waals surface area contributed by atoms with Crippen LogP contribution >= 0.6 is 0 Å². The van der Waals surface area contributed by atoms with Crippen LogP contribution in [0.5, 0.6) is 0 Å². The second kappa shape index (κ2) is 5.84. The Morgan fingerprint density at radius 1 is 1.42 bits per heavy atom.